The Morgan fingerprint density at radius 3 is 2.67 bits per heavy atom. The summed E-state index contributed by atoms with van der Waals surface area (Å²) in [5, 5.41) is 0. The molecule has 0 unspecified atom stereocenters. The van der Waals surface area contributed by atoms with Crippen molar-refractivity contribution in [3.8, 4) is 0 Å². The van der Waals surface area contributed by atoms with Crippen LogP contribution in [0.3, 0.4) is 0 Å². The highest BCUT2D eigenvalue weighted by atomic mass is 32.2. The number of esters is 1. The van der Waals surface area contributed by atoms with E-state index < -0.39 is 0 Å². The number of unbranched alkanes of at least 4 members (excludes halogenated alkanes) is 3. The highest BCUT2D eigenvalue weighted by molar-refractivity contribution is 7.99. The van der Waals surface area contributed by atoms with Crippen LogP contribution in [0.4, 0.5) is 0 Å². The first kappa shape index (κ1) is 11.8. The largest absolute Gasteiger partial charge is 0.465 e. The molecule has 3 heteroatoms. The Hall–Kier alpha value is -0.180. The summed E-state index contributed by atoms with van der Waals surface area (Å²) in [6.45, 7) is 2.76. The number of carbonyl (C=O) groups excluding carboxylic acids is 1. The molecule has 0 heterocycles. The fourth-order valence-corrected chi connectivity index (χ4v) is 1.19. The lowest BCUT2D eigenvalue weighted by atomic mass is 10.2. The first-order chi connectivity index (χ1) is 5.81. The average Bonchev–Trinajstić information content (AvgIpc) is 2.05. The molecule has 0 amide bonds. The van der Waals surface area contributed by atoms with E-state index in [-0.39, 0.29) is 5.97 Å². The van der Waals surface area contributed by atoms with Crippen molar-refractivity contribution in [1.29, 1.82) is 0 Å². The lowest BCUT2D eigenvalue weighted by Crippen LogP contribution is -2.07. The van der Waals surface area contributed by atoms with Gasteiger partial charge in [-0.3, -0.25) is 4.79 Å². The van der Waals surface area contributed by atoms with Crippen LogP contribution in [0.1, 0.15) is 32.6 Å². The van der Waals surface area contributed by atoms with Crippen LogP contribution >= 0.6 is 11.8 Å². The second-order valence-corrected chi connectivity index (χ2v) is 3.58. The van der Waals surface area contributed by atoms with E-state index in [0.29, 0.717) is 12.4 Å². The molecule has 0 aromatic carbocycles. The smallest absolute Gasteiger partial charge is 0.315 e. The van der Waals surface area contributed by atoms with E-state index in [0.717, 1.165) is 6.42 Å². The summed E-state index contributed by atoms with van der Waals surface area (Å²) in [5.41, 5.74) is 0. The molecular formula is C9H18O2S. The zero-order valence-electron chi connectivity index (χ0n) is 7.97. The number of thioether (sulfide) groups is 1. The minimum atomic E-state index is -0.0843. The molecule has 0 atom stereocenters. The summed E-state index contributed by atoms with van der Waals surface area (Å²) in [7, 11) is 0. The van der Waals surface area contributed by atoms with Crippen LogP contribution in [-0.2, 0) is 9.53 Å². The van der Waals surface area contributed by atoms with Crippen molar-refractivity contribution >= 4 is 17.7 Å². The number of rotatable bonds is 7. The molecule has 0 aliphatic heterocycles. The molecule has 0 aromatic rings. The Balaban J connectivity index is 3.03. The van der Waals surface area contributed by atoms with Gasteiger partial charge in [0.25, 0.3) is 0 Å². The summed E-state index contributed by atoms with van der Waals surface area (Å²) in [5.74, 6) is 0.396. The van der Waals surface area contributed by atoms with E-state index in [1.54, 1.807) is 0 Å². The van der Waals surface area contributed by atoms with Gasteiger partial charge in [0.2, 0.25) is 0 Å². The maximum Gasteiger partial charge on any atom is 0.315 e. The topological polar surface area (TPSA) is 26.3 Å². The maximum absolute atomic E-state index is 10.8. The van der Waals surface area contributed by atoms with Crippen molar-refractivity contribution in [3.63, 3.8) is 0 Å². The van der Waals surface area contributed by atoms with Crippen LogP contribution < -0.4 is 0 Å². The van der Waals surface area contributed by atoms with Crippen LogP contribution in [0.5, 0.6) is 0 Å². The normalized spacial score (nSPS) is 9.83. The summed E-state index contributed by atoms with van der Waals surface area (Å²) in [6.07, 6.45) is 6.54. The lowest BCUT2D eigenvalue weighted by molar-refractivity contribution is -0.140. The fraction of sp³-hybridized carbons (Fsp3) is 0.889. The fourth-order valence-electron chi connectivity index (χ4n) is 0.874. The van der Waals surface area contributed by atoms with E-state index in [9.17, 15) is 4.79 Å². The molecule has 0 rings (SSSR count). The monoisotopic (exact) mass is 190 g/mol. The maximum atomic E-state index is 10.8. The van der Waals surface area contributed by atoms with Crippen molar-refractivity contribution in [3.05, 3.63) is 0 Å². The number of hydrogen-bond donors (Lipinski definition) is 0. The highest BCUT2D eigenvalue weighted by Crippen LogP contribution is 2.00. The Morgan fingerprint density at radius 2 is 2.08 bits per heavy atom. The standard InChI is InChI=1S/C9H18O2S/c1-3-4-5-6-7-11-9(10)8-12-2/h3-8H2,1-2H3. The predicted molar refractivity (Wildman–Crippen MR) is 53.5 cm³/mol. The molecule has 0 fully saturated rings. The summed E-state index contributed by atoms with van der Waals surface area (Å²) >= 11 is 1.50. The van der Waals surface area contributed by atoms with Gasteiger partial charge < -0.3 is 4.74 Å². The minimum Gasteiger partial charge on any atom is -0.465 e. The van der Waals surface area contributed by atoms with Gasteiger partial charge in [0.15, 0.2) is 0 Å². The molecule has 0 saturated heterocycles. The van der Waals surface area contributed by atoms with Crippen molar-refractivity contribution in [2.75, 3.05) is 18.6 Å². The van der Waals surface area contributed by atoms with Crippen molar-refractivity contribution in [2.24, 2.45) is 0 Å². The van der Waals surface area contributed by atoms with Gasteiger partial charge in [0.1, 0.15) is 0 Å². The van der Waals surface area contributed by atoms with Gasteiger partial charge in [-0.15, -0.1) is 0 Å². The van der Waals surface area contributed by atoms with Crippen molar-refractivity contribution in [1.82, 2.24) is 0 Å². The first-order valence-corrected chi connectivity index (χ1v) is 5.85. The zero-order valence-corrected chi connectivity index (χ0v) is 8.78. The third-order valence-electron chi connectivity index (χ3n) is 1.52. The van der Waals surface area contributed by atoms with E-state index in [4.69, 9.17) is 4.74 Å². The van der Waals surface area contributed by atoms with E-state index in [2.05, 4.69) is 6.92 Å². The molecular weight excluding hydrogens is 172 g/mol. The SMILES string of the molecule is CCCCCCOC(=O)CSC. The molecule has 0 spiro atoms. The lowest BCUT2D eigenvalue weighted by Gasteiger charge is -2.02. The third kappa shape index (κ3) is 7.92. The van der Waals surface area contributed by atoms with Crippen LogP contribution in [0, 0.1) is 0 Å². The molecule has 0 aliphatic carbocycles. The third-order valence-corrected chi connectivity index (χ3v) is 2.05. The van der Waals surface area contributed by atoms with Gasteiger partial charge in [0.05, 0.1) is 12.4 Å². The van der Waals surface area contributed by atoms with Crippen LogP contribution in [0.15, 0.2) is 0 Å². The Labute approximate surface area is 79.1 Å². The first-order valence-electron chi connectivity index (χ1n) is 4.45. The average molecular weight is 190 g/mol. The van der Waals surface area contributed by atoms with Gasteiger partial charge in [-0.05, 0) is 12.7 Å². The predicted octanol–water partition coefficient (Wildman–Crippen LogP) is 2.47. The second-order valence-electron chi connectivity index (χ2n) is 2.71. The molecule has 12 heavy (non-hydrogen) atoms. The number of hydrogen-bond acceptors (Lipinski definition) is 3. The highest BCUT2D eigenvalue weighted by Gasteiger charge is 1.99. The number of carbonyl (C=O) groups is 1. The van der Waals surface area contributed by atoms with Gasteiger partial charge >= 0.3 is 5.97 Å². The summed E-state index contributed by atoms with van der Waals surface area (Å²) < 4.78 is 4.97. The van der Waals surface area contributed by atoms with Gasteiger partial charge in [0, 0.05) is 0 Å². The molecule has 0 aromatic heterocycles. The molecule has 2 nitrogen and oxygen atoms in total. The van der Waals surface area contributed by atoms with Gasteiger partial charge in [-0.2, -0.15) is 11.8 Å². The van der Waals surface area contributed by atoms with E-state index in [1.807, 2.05) is 6.26 Å². The second kappa shape index (κ2) is 8.91. The summed E-state index contributed by atoms with van der Waals surface area (Å²) in [6, 6.07) is 0. The van der Waals surface area contributed by atoms with E-state index in [1.165, 1.54) is 31.0 Å². The Bertz CT molecular complexity index is 115. The quantitative estimate of drug-likeness (QED) is 0.455. The molecule has 0 radical (unpaired) electrons. The van der Waals surface area contributed by atoms with Crippen LogP contribution in [0.2, 0.25) is 0 Å². The zero-order chi connectivity index (χ0) is 9.23. The van der Waals surface area contributed by atoms with E-state index >= 15 is 0 Å². The Morgan fingerprint density at radius 1 is 1.33 bits per heavy atom. The number of ether oxygens (including phenoxy) is 1. The Kier molecular flexibility index (Phi) is 8.78. The minimum absolute atomic E-state index is 0.0843. The van der Waals surface area contributed by atoms with Crippen LogP contribution in [-0.4, -0.2) is 24.6 Å². The van der Waals surface area contributed by atoms with Gasteiger partial charge in [-0.25, -0.2) is 0 Å². The van der Waals surface area contributed by atoms with Crippen molar-refractivity contribution in [2.45, 2.75) is 32.6 Å². The van der Waals surface area contributed by atoms with Gasteiger partial charge in [-0.1, -0.05) is 26.2 Å². The molecule has 0 aliphatic rings. The molecule has 72 valence electrons. The van der Waals surface area contributed by atoms with Crippen LogP contribution in [0.25, 0.3) is 0 Å². The molecule has 0 N–H and O–H groups in total. The molecule has 0 bridgehead atoms. The molecule has 0 saturated carbocycles. The summed E-state index contributed by atoms with van der Waals surface area (Å²) in [4.78, 5) is 10.8. The van der Waals surface area contributed by atoms with Crippen molar-refractivity contribution < 1.29 is 9.53 Å².